The molecule has 0 bridgehead atoms. The Hall–Kier alpha value is -1.87. The molecule has 1 heterocycles. The SMILES string of the molecule is N#CC1(NC(=O)C2CCN(c3ccccc3Br)C2=O)CCCCC1. The molecule has 2 aliphatic rings. The summed E-state index contributed by atoms with van der Waals surface area (Å²) < 4.78 is 0.834. The van der Waals surface area contributed by atoms with Crippen molar-refractivity contribution in [2.75, 3.05) is 11.4 Å². The van der Waals surface area contributed by atoms with Crippen molar-refractivity contribution in [1.82, 2.24) is 5.32 Å². The minimum Gasteiger partial charge on any atom is -0.337 e. The Labute approximate surface area is 150 Å². The number of amides is 2. The number of hydrogen-bond acceptors (Lipinski definition) is 3. The van der Waals surface area contributed by atoms with Gasteiger partial charge in [0.05, 0.1) is 11.8 Å². The third-order valence-electron chi connectivity index (χ3n) is 4.95. The van der Waals surface area contributed by atoms with Crippen molar-refractivity contribution in [3.63, 3.8) is 0 Å². The zero-order valence-electron chi connectivity index (χ0n) is 13.4. The first-order chi connectivity index (χ1) is 11.6. The molecule has 1 saturated heterocycles. The average Bonchev–Trinajstić information content (AvgIpc) is 2.98. The first kappa shape index (κ1) is 17.0. The molecule has 0 spiro atoms. The number of nitrogens with zero attached hydrogens (tertiary/aromatic N) is 2. The molecule has 2 fully saturated rings. The van der Waals surface area contributed by atoms with Crippen LogP contribution in [0.4, 0.5) is 5.69 Å². The number of hydrogen-bond donors (Lipinski definition) is 1. The number of nitriles is 1. The zero-order valence-corrected chi connectivity index (χ0v) is 15.0. The van der Waals surface area contributed by atoms with E-state index in [1.165, 1.54) is 0 Å². The van der Waals surface area contributed by atoms with Crippen LogP contribution in [0.1, 0.15) is 38.5 Å². The maximum Gasteiger partial charge on any atom is 0.239 e. The highest BCUT2D eigenvalue weighted by Crippen LogP contribution is 2.33. The van der Waals surface area contributed by atoms with Crippen LogP contribution in [0.3, 0.4) is 0 Å². The number of nitrogens with one attached hydrogen (secondary N) is 1. The number of halogens is 1. The van der Waals surface area contributed by atoms with Gasteiger partial charge in [-0.1, -0.05) is 31.4 Å². The quantitative estimate of drug-likeness (QED) is 0.806. The van der Waals surface area contributed by atoms with Crippen LogP contribution in [0, 0.1) is 17.2 Å². The van der Waals surface area contributed by atoms with E-state index in [-0.39, 0.29) is 11.8 Å². The van der Waals surface area contributed by atoms with E-state index in [9.17, 15) is 14.9 Å². The van der Waals surface area contributed by atoms with Crippen molar-refractivity contribution in [3.8, 4) is 6.07 Å². The van der Waals surface area contributed by atoms with Crippen LogP contribution in [-0.4, -0.2) is 23.9 Å². The molecule has 1 aromatic carbocycles. The van der Waals surface area contributed by atoms with Crippen LogP contribution in [0.5, 0.6) is 0 Å². The smallest absolute Gasteiger partial charge is 0.239 e. The Morgan fingerprint density at radius 1 is 1.29 bits per heavy atom. The van der Waals surface area contributed by atoms with E-state index in [4.69, 9.17) is 0 Å². The summed E-state index contributed by atoms with van der Waals surface area (Å²) in [7, 11) is 0. The van der Waals surface area contributed by atoms with E-state index < -0.39 is 11.5 Å². The zero-order chi connectivity index (χ0) is 17.2. The summed E-state index contributed by atoms with van der Waals surface area (Å²) in [5.74, 6) is -1.20. The van der Waals surface area contributed by atoms with Crippen LogP contribution >= 0.6 is 15.9 Å². The summed E-state index contributed by atoms with van der Waals surface area (Å²) in [4.78, 5) is 27.0. The van der Waals surface area contributed by atoms with E-state index in [0.29, 0.717) is 25.8 Å². The van der Waals surface area contributed by atoms with Gasteiger partial charge in [-0.05, 0) is 47.3 Å². The molecular formula is C18H20BrN3O2. The highest BCUT2D eigenvalue weighted by molar-refractivity contribution is 9.10. The van der Waals surface area contributed by atoms with E-state index in [2.05, 4.69) is 27.3 Å². The monoisotopic (exact) mass is 389 g/mol. The molecule has 1 aromatic rings. The number of para-hydroxylation sites is 1. The molecule has 24 heavy (non-hydrogen) atoms. The van der Waals surface area contributed by atoms with Gasteiger partial charge in [-0.3, -0.25) is 9.59 Å². The molecular weight excluding hydrogens is 370 g/mol. The molecule has 1 atom stereocenters. The predicted octanol–water partition coefficient (Wildman–Crippen LogP) is 3.14. The third-order valence-corrected chi connectivity index (χ3v) is 5.62. The van der Waals surface area contributed by atoms with E-state index in [0.717, 1.165) is 29.4 Å². The van der Waals surface area contributed by atoms with Crippen LogP contribution in [-0.2, 0) is 9.59 Å². The highest BCUT2D eigenvalue weighted by atomic mass is 79.9. The maximum atomic E-state index is 12.7. The van der Waals surface area contributed by atoms with Crippen molar-refractivity contribution >= 4 is 33.4 Å². The number of rotatable bonds is 3. The second kappa shape index (κ2) is 6.94. The van der Waals surface area contributed by atoms with Crippen molar-refractivity contribution in [2.45, 2.75) is 44.1 Å². The largest absolute Gasteiger partial charge is 0.337 e. The molecule has 3 rings (SSSR count). The topological polar surface area (TPSA) is 73.2 Å². The summed E-state index contributed by atoms with van der Waals surface area (Å²) in [5, 5.41) is 12.4. The van der Waals surface area contributed by atoms with Crippen LogP contribution in [0.15, 0.2) is 28.7 Å². The molecule has 0 radical (unpaired) electrons. The molecule has 126 valence electrons. The normalized spacial score (nSPS) is 22.9. The average molecular weight is 390 g/mol. The first-order valence-corrected chi connectivity index (χ1v) is 9.15. The van der Waals surface area contributed by atoms with Gasteiger partial charge in [0.15, 0.2) is 0 Å². The van der Waals surface area contributed by atoms with Gasteiger partial charge in [0.2, 0.25) is 11.8 Å². The number of benzene rings is 1. The van der Waals surface area contributed by atoms with E-state index in [1.807, 2.05) is 24.3 Å². The van der Waals surface area contributed by atoms with Gasteiger partial charge in [-0.15, -0.1) is 0 Å². The molecule has 1 aliphatic heterocycles. The van der Waals surface area contributed by atoms with Crippen molar-refractivity contribution < 1.29 is 9.59 Å². The Morgan fingerprint density at radius 3 is 2.67 bits per heavy atom. The summed E-state index contributed by atoms with van der Waals surface area (Å²) in [5.41, 5.74) is -0.0124. The Balaban J connectivity index is 1.72. The fourth-order valence-electron chi connectivity index (χ4n) is 3.58. The van der Waals surface area contributed by atoms with Gasteiger partial charge in [0, 0.05) is 11.0 Å². The fraction of sp³-hybridized carbons (Fsp3) is 0.500. The molecule has 1 unspecified atom stereocenters. The van der Waals surface area contributed by atoms with Crippen LogP contribution < -0.4 is 10.2 Å². The van der Waals surface area contributed by atoms with Crippen molar-refractivity contribution in [2.24, 2.45) is 5.92 Å². The summed E-state index contributed by atoms with van der Waals surface area (Å²) in [6, 6.07) is 9.77. The van der Waals surface area contributed by atoms with Gasteiger partial charge in [-0.2, -0.15) is 5.26 Å². The predicted molar refractivity (Wildman–Crippen MR) is 94.2 cm³/mol. The lowest BCUT2D eigenvalue weighted by Crippen LogP contribution is -2.51. The van der Waals surface area contributed by atoms with Gasteiger partial charge in [0.1, 0.15) is 11.5 Å². The lowest BCUT2D eigenvalue weighted by atomic mass is 9.82. The second-order valence-corrected chi connectivity index (χ2v) is 7.38. The van der Waals surface area contributed by atoms with Gasteiger partial charge in [0.25, 0.3) is 0 Å². The number of carbonyl (C=O) groups is 2. The lowest BCUT2D eigenvalue weighted by Gasteiger charge is -2.32. The molecule has 1 aliphatic carbocycles. The number of carbonyl (C=O) groups excluding carboxylic acids is 2. The molecule has 0 aromatic heterocycles. The summed E-state index contributed by atoms with van der Waals surface area (Å²) >= 11 is 3.45. The maximum absolute atomic E-state index is 12.7. The lowest BCUT2D eigenvalue weighted by molar-refractivity contribution is -0.133. The fourth-order valence-corrected chi connectivity index (χ4v) is 4.07. The number of anilines is 1. The molecule has 5 nitrogen and oxygen atoms in total. The van der Waals surface area contributed by atoms with Gasteiger partial charge in [-0.25, -0.2) is 0 Å². The van der Waals surface area contributed by atoms with Crippen molar-refractivity contribution in [3.05, 3.63) is 28.7 Å². The minimum atomic E-state index is -0.795. The Kier molecular flexibility index (Phi) is 4.91. The second-order valence-electron chi connectivity index (χ2n) is 6.53. The molecule has 2 amide bonds. The van der Waals surface area contributed by atoms with E-state index in [1.54, 1.807) is 4.90 Å². The van der Waals surface area contributed by atoms with Crippen molar-refractivity contribution in [1.29, 1.82) is 5.26 Å². The third kappa shape index (κ3) is 3.18. The van der Waals surface area contributed by atoms with Crippen LogP contribution in [0.2, 0.25) is 0 Å². The highest BCUT2D eigenvalue weighted by Gasteiger charge is 2.42. The Morgan fingerprint density at radius 2 is 2.00 bits per heavy atom. The van der Waals surface area contributed by atoms with Crippen LogP contribution in [0.25, 0.3) is 0 Å². The minimum absolute atomic E-state index is 0.191. The standard InChI is InChI=1S/C18H20BrN3O2/c19-14-6-2-3-7-15(14)22-11-8-13(17(22)24)16(23)21-18(12-20)9-4-1-5-10-18/h2-3,6-7,13H,1,4-5,8-11H2,(H,21,23). The van der Waals surface area contributed by atoms with E-state index >= 15 is 0 Å². The Bertz CT molecular complexity index is 692. The van der Waals surface area contributed by atoms with Gasteiger partial charge >= 0.3 is 0 Å². The summed E-state index contributed by atoms with van der Waals surface area (Å²) in [6.07, 6.45) is 4.80. The molecule has 1 N–H and O–H groups in total. The first-order valence-electron chi connectivity index (χ1n) is 8.35. The van der Waals surface area contributed by atoms with Gasteiger partial charge < -0.3 is 10.2 Å². The summed E-state index contributed by atoms with van der Waals surface area (Å²) in [6.45, 7) is 0.513. The molecule has 1 saturated carbocycles. The molecule has 6 heteroatoms.